The Bertz CT molecular complexity index is 321. The molecule has 1 aromatic heterocycles. The minimum absolute atomic E-state index is 0.286. The van der Waals surface area contributed by atoms with Gasteiger partial charge in [-0.05, 0) is 33.1 Å². The first-order valence-electron chi connectivity index (χ1n) is 5.52. The summed E-state index contributed by atoms with van der Waals surface area (Å²) >= 11 is 6.23. The number of aromatic nitrogens is 2. The standard InChI is InChI=1S/C11H19ClN2O/c1-4-9-11(12)10(7-6-8(3)15)14(5-2)13-9/h8,15H,4-7H2,1-3H3. The van der Waals surface area contributed by atoms with E-state index in [1.165, 1.54) is 0 Å². The first kappa shape index (κ1) is 12.5. The van der Waals surface area contributed by atoms with Crippen molar-refractivity contribution in [3.63, 3.8) is 0 Å². The third kappa shape index (κ3) is 2.95. The molecule has 0 fully saturated rings. The number of halogens is 1. The van der Waals surface area contributed by atoms with Crippen molar-refractivity contribution in [2.75, 3.05) is 0 Å². The molecule has 0 amide bonds. The van der Waals surface area contributed by atoms with Crippen LogP contribution in [0.2, 0.25) is 5.02 Å². The van der Waals surface area contributed by atoms with Gasteiger partial charge in [0, 0.05) is 6.54 Å². The first-order chi connectivity index (χ1) is 7.10. The van der Waals surface area contributed by atoms with E-state index in [0.29, 0.717) is 0 Å². The summed E-state index contributed by atoms with van der Waals surface area (Å²) < 4.78 is 1.93. The Hall–Kier alpha value is -0.540. The zero-order valence-corrected chi connectivity index (χ0v) is 10.4. The highest BCUT2D eigenvalue weighted by atomic mass is 35.5. The summed E-state index contributed by atoms with van der Waals surface area (Å²) in [6.45, 7) is 6.72. The van der Waals surface area contributed by atoms with Crippen LogP contribution >= 0.6 is 11.6 Å². The maximum Gasteiger partial charge on any atom is 0.0849 e. The van der Waals surface area contributed by atoms with E-state index in [1.54, 1.807) is 6.92 Å². The van der Waals surface area contributed by atoms with Crippen molar-refractivity contribution in [2.45, 2.75) is 52.7 Å². The lowest BCUT2D eigenvalue weighted by molar-refractivity contribution is 0.184. The van der Waals surface area contributed by atoms with Crippen LogP contribution < -0.4 is 0 Å². The third-order valence-corrected chi connectivity index (χ3v) is 2.93. The number of hydrogen-bond acceptors (Lipinski definition) is 2. The molecule has 0 spiro atoms. The van der Waals surface area contributed by atoms with E-state index in [-0.39, 0.29) is 6.10 Å². The van der Waals surface area contributed by atoms with Crippen molar-refractivity contribution in [3.8, 4) is 0 Å². The Morgan fingerprint density at radius 3 is 2.60 bits per heavy atom. The van der Waals surface area contributed by atoms with Gasteiger partial charge >= 0.3 is 0 Å². The number of aliphatic hydroxyl groups excluding tert-OH is 1. The van der Waals surface area contributed by atoms with Crippen molar-refractivity contribution in [3.05, 3.63) is 16.4 Å². The van der Waals surface area contributed by atoms with Gasteiger partial charge in [0.1, 0.15) is 0 Å². The molecule has 0 saturated carbocycles. The molecule has 1 N–H and O–H groups in total. The topological polar surface area (TPSA) is 38.0 Å². The molecule has 15 heavy (non-hydrogen) atoms. The van der Waals surface area contributed by atoms with Crippen LogP contribution in [-0.4, -0.2) is 21.0 Å². The molecule has 1 rings (SSSR count). The Morgan fingerprint density at radius 2 is 2.13 bits per heavy atom. The zero-order valence-electron chi connectivity index (χ0n) is 9.63. The molecular weight excluding hydrogens is 212 g/mol. The maximum absolute atomic E-state index is 9.26. The summed E-state index contributed by atoms with van der Waals surface area (Å²) in [5.41, 5.74) is 2.01. The van der Waals surface area contributed by atoms with E-state index in [1.807, 2.05) is 11.6 Å². The average Bonchev–Trinajstić information content (AvgIpc) is 2.51. The summed E-state index contributed by atoms with van der Waals surface area (Å²) in [5.74, 6) is 0. The molecule has 0 saturated heterocycles. The average molecular weight is 231 g/mol. The van der Waals surface area contributed by atoms with E-state index >= 15 is 0 Å². The van der Waals surface area contributed by atoms with Crippen LogP contribution in [0, 0.1) is 0 Å². The molecule has 4 heteroatoms. The largest absolute Gasteiger partial charge is 0.393 e. The van der Waals surface area contributed by atoms with Crippen LogP contribution in [0.25, 0.3) is 0 Å². The molecule has 3 nitrogen and oxygen atoms in total. The highest BCUT2D eigenvalue weighted by Gasteiger charge is 2.14. The van der Waals surface area contributed by atoms with Crippen LogP contribution in [0.4, 0.5) is 0 Å². The van der Waals surface area contributed by atoms with Crippen LogP contribution in [0.1, 0.15) is 38.6 Å². The van der Waals surface area contributed by atoms with Crippen LogP contribution in [0.5, 0.6) is 0 Å². The quantitative estimate of drug-likeness (QED) is 0.844. The van der Waals surface area contributed by atoms with Gasteiger partial charge < -0.3 is 5.11 Å². The van der Waals surface area contributed by atoms with Crippen molar-refractivity contribution < 1.29 is 5.11 Å². The number of rotatable bonds is 5. The fraction of sp³-hybridized carbons (Fsp3) is 0.727. The second-order valence-electron chi connectivity index (χ2n) is 3.76. The Morgan fingerprint density at radius 1 is 1.47 bits per heavy atom. The zero-order chi connectivity index (χ0) is 11.4. The predicted octanol–water partition coefficient (Wildman–Crippen LogP) is 2.43. The molecule has 0 aliphatic carbocycles. The van der Waals surface area contributed by atoms with Gasteiger partial charge in [0.2, 0.25) is 0 Å². The Labute approximate surface area is 96.1 Å². The number of aryl methyl sites for hydroxylation is 2. The Kier molecular flexibility index (Phi) is 4.61. The molecule has 0 bridgehead atoms. The monoisotopic (exact) mass is 230 g/mol. The molecule has 0 aromatic carbocycles. The number of hydrogen-bond donors (Lipinski definition) is 1. The van der Waals surface area contributed by atoms with Gasteiger partial charge in [0.05, 0.1) is 22.5 Å². The predicted molar refractivity (Wildman–Crippen MR) is 62.3 cm³/mol. The van der Waals surface area contributed by atoms with Crippen molar-refractivity contribution in [1.29, 1.82) is 0 Å². The number of aliphatic hydroxyl groups is 1. The van der Waals surface area contributed by atoms with Gasteiger partial charge in [-0.2, -0.15) is 5.10 Å². The van der Waals surface area contributed by atoms with Crippen LogP contribution in [0.15, 0.2) is 0 Å². The lowest BCUT2D eigenvalue weighted by atomic mass is 10.1. The van der Waals surface area contributed by atoms with E-state index < -0.39 is 0 Å². The molecule has 1 atom stereocenters. The molecule has 1 unspecified atom stereocenters. The first-order valence-corrected chi connectivity index (χ1v) is 5.90. The Balaban J connectivity index is 2.88. The van der Waals surface area contributed by atoms with Gasteiger partial charge in [-0.25, -0.2) is 0 Å². The van der Waals surface area contributed by atoms with Gasteiger partial charge in [0.15, 0.2) is 0 Å². The highest BCUT2D eigenvalue weighted by Crippen LogP contribution is 2.23. The van der Waals surface area contributed by atoms with E-state index in [2.05, 4.69) is 12.0 Å². The normalized spacial score (nSPS) is 13.1. The SMILES string of the molecule is CCc1nn(CC)c(CCC(C)O)c1Cl. The minimum atomic E-state index is -0.286. The summed E-state index contributed by atoms with van der Waals surface area (Å²) in [4.78, 5) is 0. The van der Waals surface area contributed by atoms with Gasteiger partial charge in [-0.3, -0.25) is 4.68 Å². The summed E-state index contributed by atoms with van der Waals surface area (Å²) in [6.07, 6.45) is 2.09. The molecule has 1 aromatic rings. The summed E-state index contributed by atoms with van der Waals surface area (Å²) in [6, 6.07) is 0. The fourth-order valence-corrected chi connectivity index (χ4v) is 1.97. The lowest BCUT2D eigenvalue weighted by Crippen LogP contribution is -2.07. The minimum Gasteiger partial charge on any atom is -0.393 e. The van der Waals surface area contributed by atoms with E-state index in [9.17, 15) is 5.11 Å². The summed E-state index contributed by atoms with van der Waals surface area (Å²) in [5, 5.41) is 14.5. The van der Waals surface area contributed by atoms with E-state index in [0.717, 1.165) is 42.2 Å². The van der Waals surface area contributed by atoms with Gasteiger partial charge in [0.25, 0.3) is 0 Å². The molecule has 86 valence electrons. The third-order valence-electron chi connectivity index (χ3n) is 2.49. The van der Waals surface area contributed by atoms with Gasteiger partial charge in [-0.15, -0.1) is 0 Å². The van der Waals surface area contributed by atoms with Crippen LogP contribution in [-0.2, 0) is 19.4 Å². The molecule has 0 aliphatic heterocycles. The van der Waals surface area contributed by atoms with Crippen molar-refractivity contribution in [2.24, 2.45) is 0 Å². The van der Waals surface area contributed by atoms with Crippen LogP contribution in [0.3, 0.4) is 0 Å². The molecular formula is C11H19ClN2O. The molecule has 0 aliphatic rings. The highest BCUT2D eigenvalue weighted by molar-refractivity contribution is 6.31. The number of nitrogens with zero attached hydrogens (tertiary/aromatic N) is 2. The smallest absolute Gasteiger partial charge is 0.0849 e. The van der Waals surface area contributed by atoms with Crippen molar-refractivity contribution in [1.82, 2.24) is 9.78 Å². The van der Waals surface area contributed by atoms with Gasteiger partial charge in [-0.1, -0.05) is 18.5 Å². The van der Waals surface area contributed by atoms with E-state index in [4.69, 9.17) is 11.6 Å². The summed E-state index contributed by atoms with van der Waals surface area (Å²) in [7, 11) is 0. The molecule has 0 radical (unpaired) electrons. The maximum atomic E-state index is 9.26. The molecule has 1 heterocycles. The second kappa shape index (κ2) is 5.52. The lowest BCUT2D eigenvalue weighted by Gasteiger charge is -2.06. The van der Waals surface area contributed by atoms with Crippen molar-refractivity contribution >= 4 is 11.6 Å². The fourth-order valence-electron chi connectivity index (χ4n) is 1.60. The second-order valence-corrected chi connectivity index (χ2v) is 4.14.